The van der Waals surface area contributed by atoms with Crippen LogP contribution in [0.25, 0.3) is 10.9 Å². The topological polar surface area (TPSA) is 360 Å². The molecule has 1 saturated carbocycles. The number of ether oxygens (including phenoxy) is 1. The average molecular weight is 1000 g/mol. The largest absolute Gasteiger partial charge is 0.480 e. The van der Waals surface area contributed by atoms with Gasteiger partial charge in [-0.3, -0.25) is 44.3 Å². The lowest BCUT2D eigenvalue weighted by atomic mass is 9.83. The third-order valence-corrected chi connectivity index (χ3v) is 13.3. The van der Waals surface area contributed by atoms with Crippen LogP contribution in [0.1, 0.15) is 75.3 Å². The number of hydrogen-bond donors (Lipinski definition) is 13. The first kappa shape index (κ1) is 54.2. The van der Waals surface area contributed by atoms with E-state index in [4.69, 9.17) is 15.9 Å². The number of aliphatic hydroxyl groups excluding tert-OH is 1. The number of aliphatic hydroxyl groups is 1. The van der Waals surface area contributed by atoms with Gasteiger partial charge in [0.15, 0.2) is 5.96 Å². The molecule has 3 heterocycles. The van der Waals surface area contributed by atoms with Gasteiger partial charge in [-0.05, 0) is 87.3 Å². The molecule has 1 aromatic heterocycles. The third-order valence-electron chi connectivity index (χ3n) is 13.3. The Morgan fingerprint density at radius 1 is 0.847 bits per heavy atom. The van der Waals surface area contributed by atoms with Gasteiger partial charge in [0.25, 0.3) is 0 Å². The maximum absolute atomic E-state index is 14.9. The number of rotatable bonds is 18. The van der Waals surface area contributed by atoms with Gasteiger partial charge in [-0.2, -0.15) is 0 Å². The van der Waals surface area contributed by atoms with Crippen LogP contribution >= 0.6 is 0 Å². The van der Waals surface area contributed by atoms with Crippen molar-refractivity contribution in [3.63, 3.8) is 0 Å². The Bertz CT molecular complexity index is 2390. The number of nitrogens with two attached hydrogens (primary N) is 1. The molecule has 2 saturated heterocycles. The van der Waals surface area contributed by atoms with E-state index in [2.05, 4.69) is 42.2 Å². The van der Waals surface area contributed by atoms with Gasteiger partial charge in [-0.15, -0.1) is 0 Å². The van der Waals surface area contributed by atoms with Crippen LogP contribution in [0.2, 0.25) is 0 Å². The quantitative estimate of drug-likeness (QED) is 0.0418. The maximum atomic E-state index is 14.9. The maximum Gasteiger partial charge on any atom is 0.329 e. The van der Waals surface area contributed by atoms with Gasteiger partial charge >= 0.3 is 11.9 Å². The van der Waals surface area contributed by atoms with Gasteiger partial charge in [-0.25, -0.2) is 4.79 Å². The summed E-state index contributed by atoms with van der Waals surface area (Å²) in [5.41, 5.74) is 7.65. The SMILES string of the molecule is N=C(N)NCCC[C@@H]1NC(=O)[C@H](Cc2c[nH]c3ccccc23)NC(=O)[C@@H](C[C@H]2CC[C@@H](O)CC2)NC(=O)[C@@H]2C[C@@H](OCC(=O)O)CN2C(=O)[C@@H](NC(=O)[C@H](Cc2ccccc2)NCC(=O)O)CCCNC1=O. The number of H-pyrrole nitrogens is 1. The molecule has 1 aliphatic carbocycles. The number of benzene rings is 2. The van der Waals surface area contributed by atoms with Crippen molar-refractivity contribution in [1.29, 1.82) is 5.41 Å². The summed E-state index contributed by atoms with van der Waals surface area (Å²) in [5, 5.41) is 57.2. The summed E-state index contributed by atoms with van der Waals surface area (Å²) in [5.74, 6) is -7.25. The third kappa shape index (κ3) is 16.0. The van der Waals surface area contributed by atoms with Gasteiger partial charge in [0, 0.05) is 49.6 Å². The molecule has 0 spiro atoms. The zero-order chi connectivity index (χ0) is 51.7. The number of carboxylic acids is 2. The molecule has 14 N–H and O–H groups in total. The van der Waals surface area contributed by atoms with Gasteiger partial charge in [0.1, 0.15) is 36.8 Å². The minimum absolute atomic E-state index is 0.0310. The number of carbonyl (C=O) groups excluding carboxylic acids is 6. The molecular formula is C49H67N11O12. The van der Waals surface area contributed by atoms with E-state index in [1.54, 1.807) is 36.5 Å². The minimum Gasteiger partial charge on any atom is -0.480 e. The summed E-state index contributed by atoms with van der Waals surface area (Å²) < 4.78 is 5.63. The van der Waals surface area contributed by atoms with Crippen LogP contribution < -0.4 is 43.0 Å². The highest BCUT2D eigenvalue weighted by molar-refractivity contribution is 5.97. The molecule has 23 nitrogen and oxygen atoms in total. The number of carbonyl (C=O) groups is 8. The van der Waals surface area contributed by atoms with Crippen LogP contribution in [0.15, 0.2) is 60.8 Å². The molecule has 23 heteroatoms. The second-order valence-electron chi connectivity index (χ2n) is 18.7. The molecule has 2 aromatic carbocycles. The van der Waals surface area contributed by atoms with Crippen molar-refractivity contribution in [2.45, 2.75) is 126 Å². The Morgan fingerprint density at radius 3 is 2.26 bits per heavy atom. The highest BCUT2D eigenvalue weighted by Crippen LogP contribution is 2.29. The second-order valence-corrected chi connectivity index (χ2v) is 18.7. The molecular weight excluding hydrogens is 935 g/mol. The summed E-state index contributed by atoms with van der Waals surface area (Å²) in [4.78, 5) is 115. The molecule has 2 aliphatic heterocycles. The molecule has 390 valence electrons. The predicted molar refractivity (Wildman–Crippen MR) is 261 cm³/mol. The molecule has 7 atom stereocenters. The van der Waals surface area contributed by atoms with E-state index in [1.165, 1.54) is 4.90 Å². The van der Waals surface area contributed by atoms with Gasteiger partial charge in [0.2, 0.25) is 35.4 Å². The zero-order valence-electron chi connectivity index (χ0n) is 40.0. The molecule has 3 aromatic rings. The minimum atomic E-state index is -1.38. The lowest BCUT2D eigenvalue weighted by molar-refractivity contribution is -0.145. The van der Waals surface area contributed by atoms with Crippen molar-refractivity contribution in [1.82, 2.24) is 47.1 Å². The molecule has 6 amide bonds. The first-order valence-corrected chi connectivity index (χ1v) is 24.5. The Kier molecular flexibility index (Phi) is 19.9. The summed E-state index contributed by atoms with van der Waals surface area (Å²) in [6.07, 6.45) is 2.43. The monoisotopic (exact) mass is 1000 g/mol. The summed E-state index contributed by atoms with van der Waals surface area (Å²) in [6.45, 7) is -1.48. The van der Waals surface area contributed by atoms with Gasteiger partial charge < -0.3 is 67.6 Å². The number of para-hydroxylation sites is 1. The van der Waals surface area contributed by atoms with E-state index in [-0.39, 0.29) is 82.9 Å². The van der Waals surface area contributed by atoms with Crippen molar-refractivity contribution in [3.8, 4) is 0 Å². The molecule has 72 heavy (non-hydrogen) atoms. The van der Waals surface area contributed by atoms with Gasteiger partial charge in [-0.1, -0.05) is 48.5 Å². The first-order chi connectivity index (χ1) is 34.5. The highest BCUT2D eigenvalue weighted by atomic mass is 16.5. The van der Waals surface area contributed by atoms with Crippen molar-refractivity contribution in [2.75, 3.05) is 32.8 Å². The fourth-order valence-electron chi connectivity index (χ4n) is 9.57. The molecule has 0 bridgehead atoms. The van der Waals surface area contributed by atoms with E-state index < -0.39 is 109 Å². The number of carboxylic acid groups (broad SMARTS) is 2. The van der Waals surface area contributed by atoms with Crippen LogP contribution in [0.3, 0.4) is 0 Å². The van der Waals surface area contributed by atoms with Crippen molar-refractivity contribution in [3.05, 3.63) is 71.9 Å². The average Bonchev–Trinajstić information content (AvgIpc) is 3.98. The Labute approximate surface area is 416 Å². The molecule has 0 unspecified atom stereocenters. The zero-order valence-corrected chi connectivity index (χ0v) is 40.0. The molecule has 3 fully saturated rings. The standard InChI is InChI=1S/C49H67N11O12/c50-49(51)53-19-6-12-35-43(66)52-18-7-13-36(57-44(67)37(55-25-41(62)63)20-28-8-2-1-3-9-28)48(71)60-26-32(72-27-42(64)65)23-40(60)47(70)59-38(21-29-14-16-31(61)17-15-29)45(68)58-39(46(69)56-35)22-30-24-54-34-11-5-4-10-33(30)34/h1-5,8-11,24,29,31-32,35-40,54-55,61H,6-7,12-23,25-27H2,(H,52,66)(H,56,69)(H,57,67)(H,58,68)(H,59,70)(H,62,63)(H,64,65)(H4,50,51,53)/t29-,31+,32-,35+,36+,37+,38-,39+,40+/m1/s1. The smallest absolute Gasteiger partial charge is 0.329 e. The summed E-state index contributed by atoms with van der Waals surface area (Å²) in [7, 11) is 0. The van der Waals surface area contributed by atoms with E-state index >= 15 is 0 Å². The fourth-order valence-corrected chi connectivity index (χ4v) is 9.57. The Morgan fingerprint density at radius 2 is 1.54 bits per heavy atom. The normalized spacial score (nSPS) is 25.1. The van der Waals surface area contributed by atoms with E-state index in [9.17, 15) is 53.7 Å². The van der Waals surface area contributed by atoms with Crippen LogP contribution in [0.5, 0.6) is 0 Å². The van der Waals surface area contributed by atoms with Gasteiger partial charge in [0.05, 0.1) is 24.8 Å². The van der Waals surface area contributed by atoms with Crippen LogP contribution in [-0.4, -0.2) is 160 Å². The highest BCUT2D eigenvalue weighted by Gasteiger charge is 2.44. The lowest BCUT2D eigenvalue weighted by Gasteiger charge is -2.33. The number of aliphatic carboxylic acids is 2. The molecule has 6 rings (SSSR count). The van der Waals surface area contributed by atoms with E-state index in [0.29, 0.717) is 36.8 Å². The van der Waals surface area contributed by atoms with E-state index in [1.807, 2.05) is 24.3 Å². The summed E-state index contributed by atoms with van der Waals surface area (Å²) in [6, 6.07) is 8.57. The number of fused-ring (bicyclic) bond motifs is 2. The molecule has 0 radical (unpaired) electrons. The lowest BCUT2D eigenvalue weighted by Crippen LogP contribution is -2.60. The van der Waals surface area contributed by atoms with Crippen molar-refractivity contribution >= 4 is 64.2 Å². The van der Waals surface area contributed by atoms with E-state index in [0.717, 1.165) is 10.9 Å². The summed E-state index contributed by atoms with van der Waals surface area (Å²) >= 11 is 0. The number of nitrogens with zero attached hydrogens (tertiary/aromatic N) is 1. The number of amides is 6. The Balaban J connectivity index is 1.36. The number of aromatic amines is 1. The number of hydrogen-bond acceptors (Lipinski definition) is 12. The van der Waals surface area contributed by atoms with Crippen LogP contribution in [-0.2, 0) is 55.9 Å². The van der Waals surface area contributed by atoms with Crippen molar-refractivity contribution in [2.24, 2.45) is 11.7 Å². The number of aromatic nitrogens is 1. The molecule has 3 aliphatic rings. The van der Waals surface area contributed by atoms with Crippen molar-refractivity contribution < 1.29 is 58.4 Å². The number of nitrogens with one attached hydrogen (secondary N) is 9. The van der Waals surface area contributed by atoms with Crippen LogP contribution in [0, 0.1) is 11.3 Å². The fraction of sp³-hybridized carbons (Fsp3) is 0.531. The van der Waals surface area contributed by atoms with Crippen LogP contribution in [0.4, 0.5) is 0 Å². The number of guanidine groups is 1. The first-order valence-electron chi connectivity index (χ1n) is 24.5. The Hall–Kier alpha value is -7.11. The predicted octanol–water partition coefficient (Wildman–Crippen LogP) is -0.880. The second kappa shape index (κ2) is 26.4.